The van der Waals surface area contributed by atoms with Gasteiger partial charge in [0.05, 0.1) is 11.4 Å². The van der Waals surface area contributed by atoms with Crippen molar-refractivity contribution in [3.63, 3.8) is 0 Å². The second-order valence-corrected chi connectivity index (χ2v) is 4.84. The van der Waals surface area contributed by atoms with E-state index in [2.05, 4.69) is 29.4 Å². The van der Waals surface area contributed by atoms with Gasteiger partial charge in [0.1, 0.15) is 0 Å². The fourth-order valence-electron chi connectivity index (χ4n) is 2.03. The molecule has 0 spiro atoms. The summed E-state index contributed by atoms with van der Waals surface area (Å²) in [5.41, 5.74) is 9.35. The zero-order valence-corrected chi connectivity index (χ0v) is 10.0. The highest BCUT2D eigenvalue weighted by Crippen LogP contribution is 2.39. The lowest BCUT2D eigenvalue weighted by molar-refractivity contribution is 0.802. The zero-order chi connectivity index (χ0) is 11.8. The molecule has 1 aliphatic carbocycles. The first kappa shape index (κ1) is 10.5. The highest BCUT2D eigenvalue weighted by molar-refractivity contribution is 5.36. The number of nitrogens with two attached hydrogens (primary N) is 1. The van der Waals surface area contributed by atoms with Crippen molar-refractivity contribution < 1.29 is 0 Å². The summed E-state index contributed by atoms with van der Waals surface area (Å²) < 4.78 is 1.94. The maximum absolute atomic E-state index is 5.89. The van der Waals surface area contributed by atoms with E-state index in [9.17, 15) is 0 Å². The van der Waals surface area contributed by atoms with Crippen LogP contribution in [-0.4, -0.2) is 9.78 Å². The molecule has 1 heterocycles. The number of hydrogen-bond acceptors (Lipinski definition) is 2. The lowest BCUT2D eigenvalue weighted by Gasteiger charge is -2.08. The van der Waals surface area contributed by atoms with Crippen molar-refractivity contribution in [3.8, 4) is 5.69 Å². The van der Waals surface area contributed by atoms with Crippen LogP contribution in [0.15, 0.2) is 36.5 Å². The van der Waals surface area contributed by atoms with E-state index in [-0.39, 0.29) is 6.04 Å². The van der Waals surface area contributed by atoms with Crippen LogP contribution in [0.3, 0.4) is 0 Å². The van der Waals surface area contributed by atoms with E-state index < -0.39 is 0 Å². The van der Waals surface area contributed by atoms with E-state index >= 15 is 0 Å². The Hall–Kier alpha value is -1.61. The molecule has 88 valence electrons. The van der Waals surface area contributed by atoms with Crippen LogP contribution in [0, 0.1) is 0 Å². The third-order valence-corrected chi connectivity index (χ3v) is 3.27. The van der Waals surface area contributed by atoms with E-state index in [1.807, 2.05) is 23.9 Å². The van der Waals surface area contributed by atoms with Crippen molar-refractivity contribution in [1.82, 2.24) is 9.78 Å². The van der Waals surface area contributed by atoms with E-state index in [4.69, 9.17) is 5.73 Å². The van der Waals surface area contributed by atoms with Gasteiger partial charge in [-0.25, -0.2) is 4.68 Å². The van der Waals surface area contributed by atoms with E-state index in [0.29, 0.717) is 5.92 Å². The van der Waals surface area contributed by atoms with Gasteiger partial charge in [0.2, 0.25) is 0 Å². The van der Waals surface area contributed by atoms with Crippen LogP contribution in [0.5, 0.6) is 0 Å². The molecule has 0 amide bonds. The highest BCUT2D eigenvalue weighted by Gasteiger charge is 2.25. The molecule has 1 aromatic heterocycles. The summed E-state index contributed by atoms with van der Waals surface area (Å²) in [5.74, 6) is 0.702. The normalized spacial score (nSPS) is 17.1. The third-order valence-electron chi connectivity index (χ3n) is 3.27. The zero-order valence-electron chi connectivity index (χ0n) is 10.0. The molecule has 3 heteroatoms. The molecule has 1 saturated carbocycles. The predicted molar refractivity (Wildman–Crippen MR) is 68.1 cm³/mol. The monoisotopic (exact) mass is 227 g/mol. The molecule has 1 atom stereocenters. The Morgan fingerprint density at radius 1 is 1.35 bits per heavy atom. The van der Waals surface area contributed by atoms with Crippen LogP contribution in [0.4, 0.5) is 0 Å². The van der Waals surface area contributed by atoms with E-state index in [1.165, 1.54) is 18.5 Å². The van der Waals surface area contributed by atoms with Crippen LogP contribution >= 0.6 is 0 Å². The molecule has 3 nitrogen and oxygen atoms in total. The largest absolute Gasteiger partial charge is 0.324 e. The minimum Gasteiger partial charge on any atom is -0.324 e. The molecule has 0 bridgehead atoms. The molecule has 1 aliphatic rings. The van der Waals surface area contributed by atoms with Gasteiger partial charge in [0, 0.05) is 18.2 Å². The molecule has 2 N–H and O–H groups in total. The molecule has 2 aromatic rings. The van der Waals surface area contributed by atoms with Crippen molar-refractivity contribution in [1.29, 1.82) is 0 Å². The quantitative estimate of drug-likeness (QED) is 0.876. The van der Waals surface area contributed by atoms with Gasteiger partial charge in [0.25, 0.3) is 0 Å². The average Bonchev–Trinajstić information content (AvgIpc) is 3.07. The highest BCUT2D eigenvalue weighted by atomic mass is 15.3. The van der Waals surface area contributed by atoms with Gasteiger partial charge in [-0.1, -0.05) is 12.1 Å². The Morgan fingerprint density at radius 2 is 2.18 bits per heavy atom. The minimum atomic E-state index is 0.0633. The molecule has 1 aromatic carbocycles. The summed E-state index contributed by atoms with van der Waals surface area (Å²) in [6, 6.07) is 10.4. The van der Waals surface area contributed by atoms with Gasteiger partial charge < -0.3 is 5.73 Å². The molecule has 1 fully saturated rings. The lowest BCUT2D eigenvalue weighted by atomic mass is 10.1. The summed E-state index contributed by atoms with van der Waals surface area (Å²) in [5, 5.41) is 4.62. The number of rotatable bonds is 3. The molecule has 3 rings (SSSR count). The Bertz CT molecular complexity index is 524. The maximum Gasteiger partial charge on any atom is 0.0659 e. The number of hydrogen-bond donors (Lipinski definition) is 1. The summed E-state index contributed by atoms with van der Waals surface area (Å²) in [6.07, 6.45) is 4.61. The first-order valence-corrected chi connectivity index (χ1v) is 6.15. The molecule has 0 aliphatic heterocycles. The Balaban J connectivity index is 1.93. The number of nitrogens with zero attached hydrogens (tertiary/aromatic N) is 2. The SMILES string of the molecule is CC(N)c1cccc(-n2ccc(C3CC3)n2)c1. The van der Waals surface area contributed by atoms with Crippen molar-refractivity contribution in [2.75, 3.05) is 0 Å². The van der Waals surface area contributed by atoms with Crippen LogP contribution < -0.4 is 5.73 Å². The molecular formula is C14H17N3. The maximum atomic E-state index is 5.89. The van der Waals surface area contributed by atoms with Gasteiger partial charge in [-0.3, -0.25) is 0 Å². The topological polar surface area (TPSA) is 43.8 Å². The molecule has 1 unspecified atom stereocenters. The van der Waals surface area contributed by atoms with Crippen LogP contribution in [0.1, 0.15) is 43.0 Å². The molecule has 17 heavy (non-hydrogen) atoms. The van der Waals surface area contributed by atoms with Crippen molar-refractivity contribution >= 4 is 0 Å². The van der Waals surface area contributed by atoms with Gasteiger partial charge >= 0.3 is 0 Å². The fraction of sp³-hybridized carbons (Fsp3) is 0.357. The fourth-order valence-corrected chi connectivity index (χ4v) is 2.03. The standard InChI is InChI=1S/C14H17N3/c1-10(15)12-3-2-4-13(9-12)17-8-7-14(16-17)11-5-6-11/h2-4,7-11H,5-6,15H2,1H3. The first-order chi connectivity index (χ1) is 8.24. The summed E-state index contributed by atoms with van der Waals surface area (Å²) >= 11 is 0. The second-order valence-electron chi connectivity index (χ2n) is 4.84. The van der Waals surface area contributed by atoms with E-state index in [0.717, 1.165) is 11.3 Å². The Labute approximate surface area is 101 Å². The molecule has 0 saturated heterocycles. The summed E-state index contributed by atoms with van der Waals surface area (Å²) in [7, 11) is 0. The van der Waals surface area contributed by atoms with Crippen molar-refractivity contribution in [2.24, 2.45) is 5.73 Å². The minimum absolute atomic E-state index is 0.0633. The van der Waals surface area contributed by atoms with Crippen molar-refractivity contribution in [3.05, 3.63) is 47.8 Å². The first-order valence-electron chi connectivity index (χ1n) is 6.15. The van der Waals surface area contributed by atoms with Crippen LogP contribution in [0.2, 0.25) is 0 Å². The summed E-state index contributed by atoms with van der Waals surface area (Å²) in [6.45, 7) is 2.00. The van der Waals surface area contributed by atoms with E-state index in [1.54, 1.807) is 0 Å². The van der Waals surface area contributed by atoms with Crippen LogP contribution in [0.25, 0.3) is 5.69 Å². The average molecular weight is 227 g/mol. The molecular weight excluding hydrogens is 210 g/mol. The van der Waals surface area contributed by atoms with Gasteiger partial charge in [-0.15, -0.1) is 0 Å². The molecule has 0 radical (unpaired) electrons. The van der Waals surface area contributed by atoms with Crippen LogP contribution in [-0.2, 0) is 0 Å². The summed E-state index contributed by atoms with van der Waals surface area (Å²) in [4.78, 5) is 0. The second kappa shape index (κ2) is 4.00. The van der Waals surface area contributed by atoms with Gasteiger partial charge in [0.15, 0.2) is 0 Å². The Kier molecular flexibility index (Phi) is 2.48. The Morgan fingerprint density at radius 3 is 2.88 bits per heavy atom. The predicted octanol–water partition coefficient (Wildman–Crippen LogP) is 2.77. The van der Waals surface area contributed by atoms with Crippen molar-refractivity contribution in [2.45, 2.75) is 31.7 Å². The smallest absolute Gasteiger partial charge is 0.0659 e. The van der Waals surface area contributed by atoms with Gasteiger partial charge in [-0.2, -0.15) is 5.10 Å². The lowest BCUT2D eigenvalue weighted by Crippen LogP contribution is -2.06. The number of aromatic nitrogens is 2. The van der Waals surface area contributed by atoms with Gasteiger partial charge in [-0.05, 0) is 43.5 Å². The third kappa shape index (κ3) is 2.11. The number of benzene rings is 1.